The number of aromatic nitrogens is 2. The van der Waals surface area contributed by atoms with Crippen LogP contribution in [0.2, 0.25) is 10.0 Å². The van der Waals surface area contributed by atoms with Crippen molar-refractivity contribution in [2.45, 2.75) is 13.0 Å². The summed E-state index contributed by atoms with van der Waals surface area (Å²) in [6, 6.07) is 7.47. The van der Waals surface area contributed by atoms with Gasteiger partial charge in [0.2, 0.25) is 0 Å². The Hall–Kier alpha value is -1.03. The van der Waals surface area contributed by atoms with E-state index in [0.717, 1.165) is 17.8 Å². The van der Waals surface area contributed by atoms with Gasteiger partial charge in [-0.15, -0.1) is 0 Å². The summed E-state index contributed by atoms with van der Waals surface area (Å²) in [5, 5.41) is 8.98. The molecular formula is C13H15Cl2N3. The Morgan fingerprint density at radius 3 is 2.72 bits per heavy atom. The largest absolute Gasteiger partial charge is 0.305 e. The molecule has 1 heterocycles. The number of aryl methyl sites for hydroxylation is 1. The van der Waals surface area contributed by atoms with E-state index in [4.69, 9.17) is 23.2 Å². The van der Waals surface area contributed by atoms with Crippen LogP contribution in [0.4, 0.5) is 0 Å². The lowest BCUT2D eigenvalue weighted by Gasteiger charge is -2.20. The predicted molar refractivity (Wildman–Crippen MR) is 75.2 cm³/mol. The topological polar surface area (TPSA) is 29.9 Å². The summed E-state index contributed by atoms with van der Waals surface area (Å²) in [5.41, 5.74) is 2.02. The third kappa shape index (κ3) is 2.69. The van der Waals surface area contributed by atoms with E-state index in [1.807, 2.05) is 29.9 Å². The number of benzene rings is 1. The SMILES string of the molecule is CCNC(c1cc(Cl)ccc1Cl)c1ccnn1C. The van der Waals surface area contributed by atoms with Crippen LogP contribution in [-0.2, 0) is 7.05 Å². The van der Waals surface area contributed by atoms with Crippen molar-refractivity contribution in [1.29, 1.82) is 0 Å². The first-order chi connectivity index (χ1) is 8.63. The Morgan fingerprint density at radius 2 is 2.11 bits per heavy atom. The quantitative estimate of drug-likeness (QED) is 0.932. The van der Waals surface area contributed by atoms with Gasteiger partial charge in [-0.05, 0) is 36.4 Å². The van der Waals surface area contributed by atoms with Crippen molar-refractivity contribution in [3.8, 4) is 0 Å². The number of hydrogen-bond acceptors (Lipinski definition) is 2. The van der Waals surface area contributed by atoms with E-state index in [2.05, 4.69) is 17.3 Å². The number of hydrogen-bond donors (Lipinski definition) is 1. The lowest BCUT2D eigenvalue weighted by molar-refractivity contribution is 0.573. The monoisotopic (exact) mass is 283 g/mol. The highest BCUT2D eigenvalue weighted by atomic mass is 35.5. The molecule has 1 aromatic carbocycles. The van der Waals surface area contributed by atoms with Gasteiger partial charge in [0.15, 0.2) is 0 Å². The first-order valence-corrected chi connectivity index (χ1v) is 6.55. The van der Waals surface area contributed by atoms with Gasteiger partial charge in [0.05, 0.1) is 11.7 Å². The zero-order valence-corrected chi connectivity index (χ0v) is 11.8. The fourth-order valence-electron chi connectivity index (χ4n) is 1.98. The lowest BCUT2D eigenvalue weighted by Crippen LogP contribution is -2.24. The van der Waals surface area contributed by atoms with Crippen molar-refractivity contribution in [3.05, 3.63) is 51.8 Å². The molecule has 0 radical (unpaired) electrons. The molecule has 2 rings (SSSR count). The molecule has 2 aromatic rings. The van der Waals surface area contributed by atoms with E-state index in [-0.39, 0.29) is 6.04 Å². The van der Waals surface area contributed by atoms with Gasteiger partial charge < -0.3 is 5.32 Å². The Morgan fingerprint density at radius 1 is 1.33 bits per heavy atom. The molecule has 0 aliphatic carbocycles. The van der Waals surface area contributed by atoms with Crippen LogP contribution in [0, 0.1) is 0 Å². The molecule has 1 unspecified atom stereocenters. The fourth-order valence-corrected chi connectivity index (χ4v) is 2.39. The molecule has 1 atom stereocenters. The molecule has 0 saturated heterocycles. The van der Waals surface area contributed by atoms with E-state index < -0.39 is 0 Å². The van der Waals surface area contributed by atoms with Gasteiger partial charge in [0.25, 0.3) is 0 Å². The molecule has 1 aromatic heterocycles. The van der Waals surface area contributed by atoms with Crippen LogP contribution in [0.25, 0.3) is 0 Å². The molecule has 18 heavy (non-hydrogen) atoms. The Balaban J connectivity index is 2.48. The van der Waals surface area contributed by atoms with Gasteiger partial charge in [-0.3, -0.25) is 4.68 Å². The minimum atomic E-state index is -0.00583. The summed E-state index contributed by atoms with van der Waals surface area (Å²) in [6.45, 7) is 2.89. The van der Waals surface area contributed by atoms with Crippen molar-refractivity contribution in [2.24, 2.45) is 7.05 Å². The second kappa shape index (κ2) is 5.74. The third-order valence-electron chi connectivity index (χ3n) is 2.83. The highest BCUT2D eigenvalue weighted by Crippen LogP contribution is 2.30. The van der Waals surface area contributed by atoms with E-state index in [9.17, 15) is 0 Å². The van der Waals surface area contributed by atoms with Crippen LogP contribution in [0.5, 0.6) is 0 Å². The maximum absolute atomic E-state index is 6.27. The summed E-state index contributed by atoms with van der Waals surface area (Å²) in [6.07, 6.45) is 1.78. The highest BCUT2D eigenvalue weighted by Gasteiger charge is 2.19. The zero-order valence-electron chi connectivity index (χ0n) is 10.3. The van der Waals surface area contributed by atoms with E-state index in [1.165, 1.54) is 0 Å². The van der Waals surface area contributed by atoms with E-state index >= 15 is 0 Å². The van der Waals surface area contributed by atoms with Crippen LogP contribution in [0.3, 0.4) is 0 Å². The summed E-state index contributed by atoms with van der Waals surface area (Å²) >= 11 is 12.3. The van der Waals surface area contributed by atoms with Gasteiger partial charge in [0, 0.05) is 23.3 Å². The molecule has 0 bridgehead atoms. The number of nitrogens with zero attached hydrogens (tertiary/aromatic N) is 2. The molecule has 0 spiro atoms. The van der Waals surface area contributed by atoms with Crippen LogP contribution in [0.15, 0.2) is 30.5 Å². The summed E-state index contributed by atoms with van der Waals surface area (Å²) in [5.74, 6) is 0. The third-order valence-corrected chi connectivity index (χ3v) is 3.41. The summed E-state index contributed by atoms with van der Waals surface area (Å²) in [7, 11) is 1.91. The first kappa shape index (κ1) is 13.4. The zero-order chi connectivity index (χ0) is 13.1. The normalized spacial score (nSPS) is 12.7. The van der Waals surface area contributed by atoms with Gasteiger partial charge in [0.1, 0.15) is 0 Å². The van der Waals surface area contributed by atoms with Crippen molar-refractivity contribution in [3.63, 3.8) is 0 Å². The average molecular weight is 284 g/mol. The highest BCUT2D eigenvalue weighted by molar-refractivity contribution is 6.33. The lowest BCUT2D eigenvalue weighted by atomic mass is 10.0. The average Bonchev–Trinajstić information content (AvgIpc) is 2.76. The molecular weight excluding hydrogens is 269 g/mol. The number of rotatable bonds is 4. The minimum Gasteiger partial charge on any atom is -0.305 e. The molecule has 0 fully saturated rings. The molecule has 0 aliphatic heterocycles. The van der Waals surface area contributed by atoms with Gasteiger partial charge >= 0.3 is 0 Å². The van der Waals surface area contributed by atoms with Gasteiger partial charge in [-0.1, -0.05) is 30.1 Å². The Bertz CT molecular complexity index is 537. The Labute approximate surface area is 117 Å². The number of nitrogens with one attached hydrogen (secondary N) is 1. The predicted octanol–water partition coefficient (Wildman–Crippen LogP) is 3.43. The first-order valence-electron chi connectivity index (χ1n) is 5.79. The van der Waals surface area contributed by atoms with Crippen molar-refractivity contribution >= 4 is 23.2 Å². The Kier molecular flexibility index (Phi) is 4.27. The van der Waals surface area contributed by atoms with Crippen LogP contribution >= 0.6 is 23.2 Å². The van der Waals surface area contributed by atoms with Crippen LogP contribution in [-0.4, -0.2) is 16.3 Å². The van der Waals surface area contributed by atoms with Crippen molar-refractivity contribution in [1.82, 2.24) is 15.1 Å². The van der Waals surface area contributed by atoms with Crippen LogP contribution < -0.4 is 5.32 Å². The van der Waals surface area contributed by atoms with Gasteiger partial charge in [-0.2, -0.15) is 5.10 Å². The maximum atomic E-state index is 6.27. The summed E-state index contributed by atoms with van der Waals surface area (Å²) < 4.78 is 1.84. The van der Waals surface area contributed by atoms with Crippen molar-refractivity contribution < 1.29 is 0 Å². The van der Waals surface area contributed by atoms with E-state index in [1.54, 1.807) is 12.3 Å². The molecule has 96 valence electrons. The summed E-state index contributed by atoms with van der Waals surface area (Å²) in [4.78, 5) is 0. The van der Waals surface area contributed by atoms with Crippen LogP contribution in [0.1, 0.15) is 24.2 Å². The molecule has 0 amide bonds. The number of halogens is 2. The maximum Gasteiger partial charge on any atom is 0.0763 e. The van der Waals surface area contributed by atoms with Gasteiger partial charge in [-0.25, -0.2) is 0 Å². The molecule has 1 N–H and O–H groups in total. The smallest absolute Gasteiger partial charge is 0.0763 e. The molecule has 0 aliphatic rings. The minimum absolute atomic E-state index is 0.00583. The molecule has 3 nitrogen and oxygen atoms in total. The fraction of sp³-hybridized carbons (Fsp3) is 0.308. The van der Waals surface area contributed by atoms with E-state index in [0.29, 0.717) is 10.0 Å². The molecule has 0 saturated carbocycles. The second-order valence-electron chi connectivity index (χ2n) is 4.04. The standard InChI is InChI=1S/C13H15Cl2N3/c1-3-16-13(12-6-7-17-18(12)2)10-8-9(14)4-5-11(10)15/h4-8,13,16H,3H2,1-2H3. The molecule has 5 heteroatoms. The van der Waals surface area contributed by atoms with Crippen molar-refractivity contribution in [2.75, 3.05) is 6.54 Å². The second-order valence-corrected chi connectivity index (χ2v) is 4.88.